The number of halogens is 3. The smallest absolute Gasteiger partial charge is 0.395 e. The molecule has 4 aliphatic rings. The highest BCUT2D eigenvalue weighted by Crippen LogP contribution is 2.53. The summed E-state index contributed by atoms with van der Waals surface area (Å²) >= 11 is 0. The Kier molecular flexibility index (Phi) is 7.53. The molecular formula is C31H39F3N4O3. The first-order valence-corrected chi connectivity index (χ1v) is 14.8. The van der Waals surface area contributed by atoms with Crippen molar-refractivity contribution in [2.24, 2.45) is 17.1 Å². The van der Waals surface area contributed by atoms with Crippen LogP contribution in [0.3, 0.4) is 0 Å². The normalized spacial score (nSPS) is 28.8. The van der Waals surface area contributed by atoms with Gasteiger partial charge in [0.2, 0.25) is 11.8 Å². The Labute approximate surface area is 239 Å². The Morgan fingerprint density at radius 2 is 1.76 bits per heavy atom. The van der Waals surface area contributed by atoms with Crippen molar-refractivity contribution in [3.63, 3.8) is 0 Å². The van der Waals surface area contributed by atoms with Crippen LogP contribution in [0.4, 0.5) is 13.2 Å². The topological polar surface area (TPSA) is 84.2 Å². The molecule has 0 radical (unpaired) electrons. The number of likely N-dealkylation sites (tertiary alicyclic amines) is 2. The zero-order valence-corrected chi connectivity index (χ0v) is 23.5. The van der Waals surface area contributed by atoms with Crippen LogP contribution in [0.1, 0.15) is 63.5 Å². The zero-order chi connectivity index (χ0) is 28.8. The summed E-state index contributed by atoms with van der Waals surface area (Å²) in [5.74, 6) is 0.570. The Hall–Kier alpha value is -2.69. The molecule has 4 fully saturated rings. The predicted molar refractivity (Wildman–Crippen MR) is 148 cm³/mol. The molecule has 1 aromatic carbocycles. The third-order valence-corrected chi connectivity index (χ3v) is 9.92. The highest BCUT2D eigenvalue weighted by molar-refractivity contribution is 5.84. The Morgan fingerprint density at radius 3 is 2.34 bits per heavy atom. The lowest BCUT2D eigenvalue weighted by Gasteiger charge is -2.47. The number of primary amides is 1. The van der Waals surface area contributed by atoms with Gasteiger partial charge in [0.1, 0.15) is 12.3 Å². The van der Waals surface area contributed by atoms with E-state index in [2.05, 4.69) is 22.0 Å². The number of epoxide rings is 1. The van der Waals surface area contributed by atoms with Crippen LogP contribution in [0.15, 0.2) is 42.6 Å². The zero-order valence-electron chi connectivity index (χ0n) is 23.5. The molecule has 6 rings (SSSR count). The number of piperidine rings is 1. The summed E-state index contributed by atoms with van der Waals surface area (Å²) in [4.78, 5) is 20.6. The van der Waals surface area contributed by atoms with Gasteiger partial charge in [-0.05, 0) is 81.6 Å². The number of pyridine rings is 1. The lowest BCUT2D eigenvalue weighted by atomic mass is 9.67. The van der Waals surface area contributed by atoms with Gasteiger partial charge in [0.25, 0.3) is 0 Å². The third kappa shape index (κ3) is 5.58. The van der Waals surface area contributed by atoms with Gasteiger partial charge in [-0.3, -0.25) is 9.69 Å². The number of benzene rings is 1. The van der Waals surface area contributed by atoms with Crippen molar-refractivity contribution in [1.29, 1.82) is 0 Å². The predicted octanol–water partition coefficient (Wildman–Crippen LogP) is 5.31. The van der Waals surface area contributed by atoms with Crippen molar-refractivity contribution in [3.05, 3.63) is 48.2 Å². The summed E-state index contributed by atoms with van der Waals surface area (Å²) in [5, 5.41) is 0. The van der Waals surface area contributed by atoms with E-state index in [-0.39, 0.29) is 37.6 Å². The average molecular weight is 573 g/mol. The maximum Gasteiger partial charge on any atom is 0.395 e. The van der Waals surface area contributed by atoms with E-state index >= 15 is 0 Å². The molecule has 0 bridgehead atoms. The minimum absolute atomic E-state index is 0.0643. The van der Waals surface area contributed by atoms with Crippen LogP contribution in [0, 0.1) is 11.3 Å². The van der Waals surface area contributed by atoms with E-state index in [1.54, 1.807) is 6.20 Å². The maximum atomic E-state index is 13.5. The fourth-order valence-electron chi connectivity index (χ4n) is 6.82. The molecule has 4 heterocycles. The van der Waals surface area contributed by atoms with E-state index < -0.39 is 17.1 Å². The monoisotopic (exact) mass is 572 g/mol. The molecule has 3 atom stereocenters. The molecule has 1 amide bonds. The van der Waals surface area contributed by atoms with Crippen LogP contribution in [0.5, 0.6) is 5.88 Å². The summed E-state index contributed by atoms with van der Waals surface area (Å²) in [5.41, 5.74) is 6.61. The van der Waals surface area contributed by atoms with E-state index in [0.29, 0.717) is 37.9 Å². The van der Waals surface area contributed by atoms with Gasteiger partial charge in [0.15, 0.2) is 0 Å². The average Bonchev–Trinajstić information content (AvgIpc) is 3.62. The molecule has 1 aliphatic carbocycles. The van der Waals surface area contributed by atoms with Gasteiger partial charge in [-0.2, -0.15) is 13.2 Å². The van der Waals surface area contributed by atoms with Crippen molar-refractivity contribution >= 4 is 5.91 Å². The molecule has 2 N–H and O–H groups in total. The number of nitrogens with two attached hydrogens (primary N) is 1. The summed E-state index contributed by atoms with van der Waals surface area (Å²) in [6.07, 6.45) is 2.06. The molecule has 41 heavy (non-hydrogen) atoms. The summed E-state index contributed by atoms with van der Waals surface area (Å²) < 4.78 is 52.5. The second kappa shape index (κ2) is 10.9. The van der Waals surface area contributed by atoms with E-state index in [1.165, 1.54) is 0 Å². The Bertz CT molecular complexity index is 1230. The maximum absolute atomic E-state index is 13.5. The van der Waals surface area contributed by atoms with E-state index in [0.717, 1.165) is 48.9 Å². The fourth-order valence-corrected chi connectivity index (χ4v) is 6.82. The van der Waals surface area contributed by atoms with Crippen LogP contribution >= 0.6 is 0 Å². The molecule has 2 aromatic rings. The molecule has 3 aliphatic heterocycles. The molecule has 7 nitrogen and oxygen atoms in total. The molecule has 10 heteroatoms. The van der Waals surface area contributed by atoms with Crippen LogP contribution < -0.4 is 10.5 Å². The number of hydrogen-bond acceptors (Lipinski definition) is 6. The second-order valence-electron chi connectivity index (χ2n) is 12.6. The van der Waals surface area contributed by atoms with Gasteiger partial charge >= 0.3 is 6.18 Å². The first kappa shape index (κ1) is 28.4. The van der Waals surface area contributed by atoms with Crippen LogP contribution in [0.25, 0.3) is 11.1 Å². The molecule has 1 saturated carbocycles. The number of hydrogen-bond donors (Lipinski definition) is 1. The van der Waals surface area contributed by atoms with Gasteiger partial charge in [-0.15, -0.1) is 0 Å². The van der Waals surface area contributed by atoms with Crippen LogP contribution in [0.2, 0.25) is 0 Å². The van der Waals surface area contributed by atoms with Gasteiger partial charge in [0, 0.05) is 30.9 Å². The van der Waals surface area contributed by atoms with Crippen molar-refractivity contribution < 1.29 is 27.4 Å². The van der Waals surface area contributed by atoms with Crippen molar-refractivity contribution in [2.45, 2.75) is 75.9 Å². The highest BCUT2D eigenvalue weighted by atomic mass is 19.4. The van der Waals surface area contributed by atoms with Gasteiger partial charge < -0.3 is 20.1 Å². The lowest BCUT2D eigenvalue weighted by Crippen LogP contribution is -2.53. The number of aromatic nitrogens is 1. The number of carbonyl (C=O) groups excluding carboxylic acids is 1. The number of amides is 1. The van der Waals surface area contributed by atoms with Crippen LogP contribution in [-0.4, -0.2) is 71.4 Å². The van der Waals surface area contributed by atoms with E-state index in [4.69, 9.17) is 15.2 Å². The highest BCUT2D eigenvalue weighted by Gasteiger charge is 2.58. The molecule has 222 valence electrons. The number of carbonyl (C=O) groups is 1. The van der Waals surface area contributed by atoms with Gasteiger partial charge in [0.05, 0.1) is 17.6 Å². The first-order valence-electron chi connectivity index (χ1n) is 14.8. The minimum Gasteiger partial charge on any atom is -0.477 e. The van der Waals surface area contributed by atoms with E-state index in [9.17, 15) is 18.0 Å². The molecule has 0 spiro atoms. The molecular weight excluding hydrogens is 533 g/mol. The first-order chi connectivity index (χ1) is 19.6. The molecule has 1 aromatic heterocycles. The number of nitrogens with zero attached hydrogens (tertiary/aromatic N) is 3. The summed E-state index contributed by atoms with van der Waals surface area (Å²) in [6, 6.07) is 12.0. The van der Waals surface area contributed by atoms with Crippen molar-refractivity contribution in [1.82, 2.24) is 14.8 Å². The number of ether oxygens (including phenoxy) is 2. The van der Waals surface area contributed by atoms with Crippen molar-refractivity contribution in [2.75, 3.05) is 32.8 Å². The quantitative estimate of drug-likeness (QED) is 0.410. The number of rotatable bonds is 9. The number of alkyl halides is 3. The SMILES string of the molecule is C[C@@]1(C(N)=O)CCCN1C1OC1c1ccc(-c2ccc(OCC3CCN(CC4(C(F)(F)F)CCC4)CC3)nc2)cc1. The molecule has 3 saturated heterocycles. The van der Waals surface area contributed by atoms with Gasteiger partial charge in [-0.25, -0.2) is 4.98 Å². The lowest BCUT2D eigenvalue weighted by molar-refractivity contribution is -0.256. The Balaban J connectivity index is 0.968. The van der Waals surface area contributed by atoms with Crippen LogP contribution in [-0.2, 0) is 9.53 Å². The molecule has 2 unspecified atom stereocenters. The largest absolute Gasteiger partial charge is 0.477 e. The Morgan fingerprint density at radius 1 is 1.05 bits per heavy atom. The fraction of sp³-hybridized carbons (Fsp3) is 0.613. The second-order valence-corrected chi connectivity index (χ2v) is 12.6. The van der Waals surface area contributed by atoms with Gasteiger partial charge in [-0.1, -0.05) is 30.7 Å². The third-order valence-electron chi connectivity index (χ3n) is 9.92. The summed E-state index contributed by atoms with van der Waals surface area (Å²) in [6.45, 7) is 4.73. The van der Waals surface area contributed by atoms with Crippen molar-refractivity contribution in [3.8, 4) is 17.0 Å². The standard InChI is InChI=1S/C31H39F3N4O3/c1-29(28(35)39)12-3-15-38(29)27-26(41-27)23-6-4-22(5-7-23)24-8-9-25(36-18-24)40-19-21-10-16-37(17-11-21)20-30(13-2-14-30)31(32,33)34/h4-9,18,21,26-27H,2-3,10-17,19-20H2,1H3,(H2,35,39)/t26?,27?,29-/m0/s1. The van der Waals surface area contributed by atoms with E-state index in [1.807, 2.05) is 36.1 Å². The summed E-state index contributed by atoms with van der Waals surface area (Å²) in [7, 11) is 0. The minimum atomic E-state index is -4.11.